The van der Waals surface area contributed by atoms with Gasteiger partial charge in [-0.2, -0.15) is 4.52 Å². The molecule has 0 amide bonds. The smallest absolute Gasteiger partial charge is 0.178 e. The van der Waals surface area contributed by atoms with Crippen LogP contribution >= 0.6 is 0 Å². The Morgan fingerprint density at radius 3 is 2.94 bits per heavy atom. The largest absolute Gasteiger partial charge is 0.394 e. The molecule has 2 aromatic heterocycles. The Balaban J connectivity index is 2.28. The van der Waals surface area contributed by atoms with Crippen molar-refractivity contribution in [1.29, 1.82) is 0 Å². The summed E-state index contributed by atoms with van der Waals surface area (Å²) in [5, 5.41) is 24.5. The van der Waals surface area contributed by atoms with Gasteiger partial charge in [0.25, 0.3) is 0 Å². The van der Waals surface area contributed by atoms with Crippen molar-refractivity contribution >= 4 is 11.5 Å². The highest BCUT2D eigenvalue weighted by molar-refractivity contribution is 5.44. The van der Waals surface area contributed by atoms with Crippen LogP contribution in [-0.4, -0.2) is 37.6 Å². The molecule has 0 fully saturated rings. The van der Waals surface area contributed by atoms with Gasteiger partial charge in [-0.15, -0.1) is 15.3 Å². The third-order valence-corrected chi connectivity index (χ3v) is 2.48. The second kappa shape index (κ2) is 4.44. The number of aromatic nitrogens is 4. The average molecular weight is 221 g/mol. The molecule has 86 valence electrons. The Morgan fingerprint density at radius 1 is 1.44 bits per heavy atom. The molecule has 0 unspecified atom stereocenters. The first-order valence-electron chi connectivity index (χ1n) is 5.31. The summed E-state index contributed by atoms with van der Waals surface area (Å²) in [5.41, 5.74) is 0.722. The lowest BCUT2D eigenvalue weighted by molar-refractivity contribution is 0.271. The van der Waals surface area contributed by atoms with Crippen LogP contribution in [-0.2, 0) is 0 Å². The average Bonchev–Trinajstić information content (AvgIpc) is 2.68. The summed E-state index contributed by atoms with van der Waals surface area (Å²) < 4.78 is 1.67. The number of hydrogen-bond donors (Lipinski definition) is 2. The van der Waals surface area contributed by atoms with Crippen LogP contribution in [0.2, 0.25) is 0 Å². The van der Waals surface area contributed by atoms with E-state index in [9.17, 15) is 0 Å². The fourth-order valence-electron chi connectivity index (χ4n) is 1.46. The first kappa shape index (κ1) is 10.8. The highest BCUT2D eigenvalue weighted by Crippen LogP contribution is 2.08. The van der Waals surface area contributed by atoms with Crippen LogP contribution in [0.25, 0.3) is 5.65 Å². The van der Waals surface area contributed by atoms with E-state index in [1.165, 1.54) is 0 Å². The zero-order valence-corrected chi connectivity index (χ0v) is 9.38. The van der Waals surface area contributed by atoms with E-state index in [-0.39, 0.29) is 12.6 Å². The monoisotopic (exact) mass is 221 g/mol. The Hall–Kier alpha value is -1.69. The molecule has 6 nitrogen and oxygen atoms in total. The van der Waals surface area contributed by atoms with Crippen molar-refractivity contribution in [3.8, 4) is 0 Å². The molecule has 0 spiro atoms. The number of rotatable bonds is 4. The molecule has 2 rings (SSSR count). The normalized spacial score (nSPS) is 12.9. The molecule has 0 aromatic carbocycles. The molecule has 0 bridgehead atoms. The van der Waals surface area contributed by atoms with Gasteiger partial charge in [0.1, 0.15) is 5.82 Å². The highest BCUT2D eigenvalue weighted by atomic mass is 16.3. The summed E-state index contributed by atoms with van der Waals surface area (Å²) in [5.74, 6) is 1.46. The number of aryl methyl sites for hydroxylation is 1. The molecular formula is C10H15N5O. The minimum absolute atomic E-state index is 0.0294. The van der Waals surface area contributed by atoms with Crippen LogP contribution in [0, 0.1) is 6.92 Å². The molecule has 1 atom stereocenters. The molecule has 0 aliphatic carbocycles. The van der Waals surface area contributed by atoms with Gasteiger partial charge in [0, 0.05) is 0 Å². The Bertz CT molecular complexity index is 477. The van der Waals surface area contributed by atoms with E-state index >= 15 is 0 Å². The van der Waals surface area contributed by atoms with Gasteiger partial charge in [-0.3, -0.25) is 0 Å². The molecule has 0 saturated heterocycles. The van der Waals surface area contributed by atoms with Gasteiger partial charge in [-0.25, -0.2) is 0 Å². The molecule has 2 aromatic rings. The van der Waals surface area contributed by atoms with Gasteiger partial charge in [-0.1, -0.05) is 6.92 Å². The van der Waals surface area contributed by atoms with Crippen LogP contribution in [0.1, 0.15) is 19.2 Å². The molecule has 2 N–H and O–H groups in total. The summed E-state index contributed by atoms with van der Waals surface area (Å²) in [7, 11) is 0. The van der Waals surface area contributed by atoms with E-state index in [0.29, 0.717) is 0 Å². The van der Waals surface area contributed by atoms with E-state index in [1.54, 1.807) is 4.52 Å². The maximum Gasteiger partial charge on any atom is 0.178 e. The van der Waals surface area contributed by atoms with E-state index in [4.69, 9.17) is 5.11 Å². The number of nitrogens with one attached hydrogen (secondary N) is 1. The van der Waals surface area contributed by atoms with Crippen molar-refractivity contribution < 1.29 is 5.11 Å². The summed E-state index contributed by atoms with van der Waals surface area (Å²) >= 11 is 0. The standard InChI is InChI=1S/C10H15N5O/c1-3-8(6-16)11-9-4-5-10-13-12-7(2)15(10)14-9/h4-5,8,16H,3,6H2,1-2H3,(H,11,14)/t8-/m1/s1. The first-order chi connectivity index (χ1) is 7.74. The maximum atomic E-state index is 9.09. The first-order valence-corrected chi connectivity index (χ1v) is 5.31. The molecule has 0 aliphatic heterocycles. The highest BCUT2D eigenvalue weighted by Gasteiger charge is 2.07. The fourth-order valence-corrected chi connectivity index (χ4v) is 1.46. The molecule has 16 heavy (non-hydrogen) atoms. The Kier molecular flexibility index (Phi) is 3.00. The molecule has 0 aliphatic rings. The Labute approximate surface area is 93.3 Å². The summed E-state index contributed by atoms with van der Waals surface area (Å²) in [6.45, 7) is 3.95. The van der Waals surface area contributed by atoms with Crippen molar-refractivity contribution in [3.63, 3.8) is 0 Å². The quantitative estimate of drug-likeness (QED) is 0.791. The SMILES string of the molecule is CC[C@H](CO)Nc1ccc2nnc(C)n2n1. The minimum atomic E-state index is 0.0294. The van der Waals surface area contributed by atoms with Crippen molar-refractivity contribution in [3.05, 3.63) is 18.0 Å². The van der Waals surface area contributed by atoms with Gasteiger partial charge >= 0.3 is 0 Å². The van der Waals surface area contributed by atoms with Crippen LogP contribution in [0.4, 0.5) is 5.82 Å². The van der Waals surface area contributed by atoms with Crippen molar-refractivity contribution in [2.24, 2.45) is 0 Å². The van der Waals surface area contributed by atoms with Crippen molar-refractivity contribution in [2.75, 3.05) is 11.9 Å². The summed E-state index contributed by atoms with van der Waals surface area (Å²) in [4.78, 5) is 0. The van der Waals surface area contributed by atoms with Gasteiger partial charge in [-0.05, 0) is 25.5 Å². The topological polar surface area (TPSA) is 75.3 Å². The number of hydrogen-bond acceptors (Lipinski definition) is 5. The van der Waals surface area contributed by atoms with Crippen molar-refractivity contribution in [1.82, 2.24) is 19.8 Å². The fraction of sp³-hybridized carbons (Fsp3) is 0.500. The molecule has 0 radical (unpaired) electrons. The third kappa shape index (κ3) is 1.96. The van der Waals surface area contributed by atoms with Crippen LogP contribution in [0.3, 0.4) is 0 Å². The van der Waals surface area contributed by atoms with Gasteiger partial charge in [0.15, 0.2) is 11.5 Å². The van der Waals surface area contributed by atoms with Gasteiger partial charge < -0.3 is 10.4 Å². The van der Waals surface area contributed by atoms with Crippen LogP contribution in [0.15, 0.2) is 12.1 Å². The minimum Gasteiger partial charge on any atom is -0.394 e. The lowest BCUT2D eigenvalue weighted by Gasteiger charge is -2.14. The number of anilines is 1. The number of fused-ring (bicyclic) bond motifs is 1. The molecular weight excluding hydrogens is 206 g/mol. The van der Waals surface area contributed by atoms with Crippen LogP contribution in [0.5, 0.6) is 0 Å². The van der Waals surface area contributed by atoms with Crippen LogP contribution < -0.4 is 5.32 Å². The molecule has 0 saturated carbocycles. The maximum absolute atomic E-state index is 9.09. The van der Waals surface area contributed by atoms with E-state index in [2.05, 4.69) is 20.6 Å². The van der Waals surface area contributed by atoms with E-state index in [0.717, 1.165) is 23.7 Å². The second-order valence-corrected chi connectivity index (χ2v) is 3.67. The van der Waals surface area contributed by atoms with Gasteiger partial charge in [0.05, 0.1) is 12.6 Å². The van der Waals surface area contributed by atoms with E-state index < -0.39 is 0 Å². The lowest BCUT2D eigenvalue weighted by atomic mass is 10.2. The Morgan fingerprint density at radius 2 is 2.25 bits per heavy atom. The molecule has 6 heteroatoms. The zero-order chi connectivity index (χ0) is 11.5. The number of aliphatic hydroxyl groups is 1. The summed E-state index contributed by atoms with van der Waals surface area (Å²) in [6, 6.07) is 3.71. The zero-order valence-electron chi connectivity index (χ0n) is 9.38. The number of nitrogens with zero attached hydrogens (tertiary/aromatic N) is 4. The molecule has 2 heterocycles. The predicted octanol–water partition coefficient (Wildman–Crippen LogP) is 0.616. The summed E-state index contributed by atoms with van der Waals surface area (Å²) in [6.07, 6.45) is 0.845. The number of aliphatic hydroxyl groups excluding tert-OH is 1. The second-order valence-electron chi connectivity index (χ2n) is 3.67. The van der Waals surface area contributed by atoms with E-state index in [1.807, 2.05) is 26.0 Å². The van der Waals surface area contributed by atoms with Crippen molar-refractivity contribution in [2.45, 2.75) is 26.3 Å². The predicted molar refractivity (Wildman–Crippen MR) is 60.3 cm³/mol. The third-order valence-electron chi connectivity index (χ3n) is 2.48. The lowest BCUT2D eigenvalue weighted by Crippen LogP contribution is -2.23. The van der Waals surface area contributed by atoms with Gasteiger partial charge in [0.2, 0.25) is 0 Å².